The van der Waals surface area contributed by atoms with E-state index >= 15 is 0 Å². The summed E-state index contributed by atoms with van der Waals surface area (Å²) in [6.07, 6.45) is 0.504. The maximum Gasteiger partial charge on any atom is 0.243 e. The van der Waals surface area contributed by atoms with Crippen molar-refractivity contribution in [2.24, 2.45) is 0 Å². The molecule has 0 radical (unpaired) electrons. The molecule has 2 amide bonds. The number of carbonyl (C=O) groups is 2. The number of carbonyl (C=O) groups excluding carboxylic acids is 2. The number of hydrogen-bond acceptors (Lipinski definition) is 3. The summed E-state index contributed by atoms with van der Waals surface area (Å²) >= 11 is 13.7. The fourth-order valence-electron chi connectivity index (χ4n) is 2.94. The zero-order valence-corrected chi connectivity index (χ0v) is 20.1. The van der Waals surface area contributed by atoms with Crippen molar-refractivity contribution < 1.29 is 9.59 Å². The van der Waals surface area contributed by atoms with Crippen LogP contribution < -0.4 is 5.32 Å². The van der Waals surface area contributed by atoms with Gasteiger partial charge in [-0.3, -0.25) is 9.59 Å². The smallest absolute Gasteiger partial charge is 0.243 e. The Labute approximate surface area is 193 Å². The molecule has 0 spiro atoms. The van der Waals surface area contributed by atoms with Gasteiger partial charge in [0.2, 0.25) is 11.8 Å². The average Bonchev–Trinajstić information content (AvgIpc) is 2.67. The Morgan fingerprint density at radius 1 is 1.07 bits per heavy atom. The molecule has 2 aromatic carbocycles. The Morgan fingerprint density at radius 2 is 1.70 bits per heavy atom. The first kappa shape index (κ1) is 24.6. The Morgan fingerprint density at radius 3 is 2.27 bits per heavy atom. The van der Waals surface area contributed by atoms with Crippen LogP contribution in [0.1, 0.15) is 39.7 Å². The molecule has 0 saturated carbocycles. The molecule has 1 N–H and O–H groups in total. The van der Waals surface area contributed by atoms with Gasteiger partial charge in [0.05, 0.1) is 5.75 Å². The molecule has 0 aliphatic carbocycles. The molecule has 1 atom stereocenters. The molecule has 4 nitrogen and oxygen atoms in total. The Bertz CT molecular complexity index is 866. The van der Waals surface area contributed by atoms with Gasteiger partial charge < -0.3 is 10.2 Å². The van der Waals surface area contributed by atoms with Gasteiger partial charge in [0.15, 0.2) is 0 Å². The molecule has 0 fully saturated rings. The van der Waals surface area contributed by atoms with E-state index in [-0.39, 0.29) is 29.7 Å². The van der Waals surface area contributed by atoms with Gasteiger partial charge in [-0.1, -0.05) is 48.3 Å². The van der Waals surface area contributed by atoms with E-state index in [0.29, 0.717) is 16.5 Å². The highest BCUT2D eigenvalue weighted by Crippen LogP contribution is 2.24. The SMILES string of the molecule is CC[C@H](C(=O)NC(C)(C)C)N(Cc1ccccc1Cl)C(=O)CSc1ccc(Cl)cc1. The van der Waals surface area contributed by atoms with Crippen molar-refractivity contribution in [2.45, 2.75) is 57.1 Å². The second-order valence-corrected chi connectivity index (χ2v) is 9.91. The number of halogens is 2. The molecule has 0 aromatic heterocycles. The first-order chi connectivity index (χ1) is 14.1. The number of rotatable bonds is 8. The molecule has 0 aliphatic rings. The maximum atomic E-state index is 13.2. The van der Waals surface area contributed by atoms with Crippen LogP contribution in [-0.4, -0.2) is 34.0 Å². The van der Waals surface area contributed by atoms with E-state index in [0.717, 1.165) is 10.5 Å². The molecule has 7 heteroatoms. The minimum Gasteiger partial charge on any atom is -0.350 e. The normalized spacial score (nSPS) is 12.3. The summed E-state index contributed by atoms with van der Waals surface area (Å²) < 4.78 is 0. The van der Waals surface area contributed by atoms with Crippen molar-refractivity contribution in [3.63, 3.8) is 0 Å². The summed E-state index contributed by atoms with van der Waals surface area (Å²) in [7, 11) is 0. The second kappa shape index (κ2) is 11.1. The van der Waals surface area contributed by atoms with E-state index in [1.54, 1.807) is 23.1 Å². The van der Waals surface area contributed by atoms with Crippen LogP contribution in [0.15, 0.2) is 53.4 Å². The summed E-state index contributed by atoms with van der Waals surface area (Å²) in [5.74, 6) is -0.0709. The molecule has 0 aliphatic heterocycles. The van der Waals surface area contributed by atoms with Gasteiger partial charge >= 0.3 is 0 Å². The van der Waals surface area contributed by atoms with E-state index in [9.17, 15) is 9.59 Å². The minimum absolute atomic E-state index is 0.120. The number of nitrogens with one attached hydrogen (secondary N) is 1. The number of nitrogens with zero attached hydrogens (tertiary/aromatic N) is 1. The van der Waals surface area contributed by atoms with Crippen LogP contribution in [0, 0.1) is 0 Å². The van der Waals surface area contributed by atoms with E-state index < -0.39 is 6.04 Å². The lowest BCUT2D eigenvalue weighted by Crippen LogP contribution is -2.53. The molecule has 0 bridgehead atoms. The molecule has 2 aromatic rings. The van der Waals surface area contributed by atoms with Gasteiger partial charge in [0.25, 0.3) is 0 Å². The predicted octanol–water partition coefficient (Wildman–Crippen LogP) is 5.81. The third-order valence-corrected chi connectivity index (χ3v) is 5.98. The summed E-state index contributed by atoms with van der Waals surface area (Å²) in [4.78, 5) is 28.8. The van der Waals surface area contributed by atoms with Crippen LogP contribution >= 0.6 is 35.0 Å². The monoisotopic (exact) mass is 466 g/mol. The molecular formula is C23H28Cl2N2O2S. The zero-order valence-electron chi connectivity index (χ0n) is 17.7. The summed E-state index contributed by atoms with van der Waals surface area (Å²) in [6.45, 7) is 7.96. The van der Waals surface area contributed by atoms with E-state index in [1.165, 1.54) is 11.8 Å². The third-order valence-electron chi connectivity index (χ3n) is 4.36. The fourth-order valence-corrected chi connectivity index (χ4v) is 4.05. The first-order valence-corrected chi connectivity index (χ1v) is 11.6. The zero-order chi connectivity index (χ0) is 22.3. The Kier molecular flexibility index (Phi) is 9.08. The number of hydrogen-bond donors (Lipinski definition) is 1. The van der Waals surface area contributed by atoms with Crippen LogP contribution in [0.2, 0.25) is 10.0 Å². The minimum atomic E-state index is -0.584. The molecule has 162 valence electrons. The third kappa shape index (κ3) is 7.53. The van der Waals surface area contributed by atoms with E-state index in [4.69, 9.17) is 23.2 Å². The van der Waals surface area contributed by atoms with Crippen LogP contribution in [0.5, 0.6) is 0 Å². The van der Waals surface area contributed by atoms with E-state index in [1.807, 2.05) is 58.0 Å². The second-order valence-electron chi connectivity index (χ2n) is 8.02. The Hall–Kier alpha value is -1.69. The van der Waals surface area contributed by atoms with Crippen molar-refractivity contribution in [1.82, 2.24) is 10.2 Å². The predicted molar refractivity (Wildman–Crippen MR) is 126 cm³/mol. The van der Waals surface area contributed by atoms with Gasteiger partial charge in [-0.05, 0) is 63.1 Å². The number of amides is 2. The van der Waals surface area contributed by atoms with Crippen molar-refractivity contribution in [3.8, 4) is 0 Å². The van der Waals surface area contributed by atoms with Gasteiger partial charge in [-0.25, -0.2) is 0 Å². The Balaban J connectivity index is 2.24. The highest BCUT2D eigenvalue weighted by atomic mass is 35.5. The maximum absolute atomic E-state index is 13.2. The van der Waals surface area contributed by atoms with Crippen LogP contribution in [-0.2, 0) is 16.1 Å². The molecule has 0 heterocycles. The summed E-state index contributed by atoms with van der Waals surface area (Å²) in [5, 5.41) is 4.22. The van der Waals surface area contributed by atoms with Crippen molar-refractivity contribution >= 4 is 46.8 Å². The standard InChI is InChI=1S/C23H28Cl2N2O2S/c1-5-20(22(29)26-23(2,3)4)27(14-16-8-6-7-9-19(16)25)21(28)15-30-18-12-10-17(24)11-13-18/h6-13,20H,5,14-15H2,1-4H3,(H,26,29)/t20-/m1/s1. The first-order valence-electron chi connectivity index (χ1n) is 9.84. The van der Waals surface area contributed by atoms with Crippen LogP contribution in [0.3, 0.4) is 0 Å². The van der Waals surface area contributed by atoms with Gasteiger partial charge in [0, 0.05) is 27.0 Å². The quantitative estimate of drug-likeness (QED) is 0.499. The highest BCUT2D eigenvalue weighted by molar-refractivity contribution is 8.00. The molecule has 0 unspecified atom stereocenters. The molecule has 30 heavy (non-hydrogen) atoms. The lowest BCUT2D eigenvalue weighted by molar-refractivity contribution is -0.140. The van der Waals surface area contributed by atoms with Crippen LogP contribution in [0.4, 0.5) is 0 Å². The highest BCUT2D eigenvalue weighted by Gasteiger charge is 2.30. The lowest BCUT2D eigenvalue weighted by atomic mass is 10.1. The van der Waals surface area contributed by atoms with Crippen molar-refractivity contribution in [2.75, 3.05) is 5.75 Å². The summed E-state index contributed by atoms with van der Waals surface area (Å²) in [6, 6.07) is 14.1. The topological polar surface area (TPSA) is 49.4 Å². The van der Waals surface area contributed by atoms with E-state index in [2.05, 4.69) is 5.32 Å². The van der Waals surface area contributed by atoms with Crippen molar-refractivity contribution in [1.29, 1.82) is 0 Å². The van der Waals surface area contributed by atoms with Gasteiger partial charge in [-0.2, -0.15) is 0 Å². The average molecular weight is 467 g/mol. The fraction of sp³-hybridized carbons (Fsp3) is 0.391. The number of thioether (sulfide) groups is 1. The summed E-state index contributed by atoms with van der Waals surface area (Å²) in [5.41, 5.74) is 0.424. The number of benzene rings is 2. The molecule has 0 saturated heterocycles. The lowest BCUT2D eigenvalue weighted by Gasteiger charge is -2.33. The van der Waals surface area contributed by atoms with Gasteiger partial charge in [-0.15, -0.1) is 11.8 Å². The van der Waals surface area contributed by atoms with Crippen LogP contribution in [0.25, 0.3) is 0 Å². The molecule has 2 rings (SSSR count). The molecular weight excluding hydrogens is 439 g/mol. The van der Waals surface area contributed by atoms with Gasteiger partial charge in [0.1, 0.15) is 6.04 Å². The largest absolute Gasteiger partial charge is 0.350 e. The van der Waals surface area contributed by atoms with Crippen molar-refractivity contribution in [3.05, 3.63) is 64.1 Å².